The van der Waals surface area contributed by atoms with E-state index in [1.54, 1.807) is 10.9 Å². The lowest BCUT2D eigenvalue weighted by atomic mass is 10.1. The molecule has 9 nitrogen and oxygen atoms in total. The second kappa shape index (κ2) is 10.4. The fourth-order valence-corrected chi connectivity index (χ4v) is 6.13. The van der Waals surface area contributed by atoms with E-state index in [-0.39, 0.29) is 36.7 Å². The third-order valence-electron chi connectivity index (χ3n) is 7.93. The lowest BCUT2D eigenvalue weighted by Gasteiger charge is -2.35. The molecule has 1 aromatic carbocycles. The van der Waals surface area contributed by atoms with Gasteiger partial charge in [0.2, 0.25) is 5.91 Å². The number of piperidine rings is 1. The number of hydrogen-bond donors (Lipinski definition) is 0. The average Bonchev–Trinajstić information content (AvgIpc) is 3.52. The zero-order valence-corrected chi connectivity index (χ0v) is 22.1. The Morgan fingerprint density at radius 3 is 2.63 bits per heavy atom. The van der Waals surface area contributed by atoms with Crippen molar-refractivity contribution in [3.63, 3.8) is 0 Å². The van der Waals surface area contributed by atoms with E-state index in [4.69, 9.17) is 14.6 Å². The van der Waals surface area contributed by atoms with Gasteiger partial charge < -0.3 is 19.3 Å². The van der Waals surface area contributed by atoms with Crippen LogP contribution < -0.4 is 4.74 Å². The number of carbonyl (C=O) groups excluding carboxylic acids is 2. The molecule has 6 rings (SSSR count). The predicted octanol–water partition coefficient (Wildman–Crippen LogP) is 3.24. The molecule has 0 N–H and O–H groups in total. The molecule has 2 atom stereocenters. The Bertz CT molecular complexity index is 1330. The minimum Gasteiger partial charge on any atom is -0.490 e. The van der Waals surface area contributed by atoms with E-state index in [0.29, 0.717) is 31.9 Å². The summed E-state index contributed by atoms with van der Waals surface area (Å²) < 4.78 is 13.9. The van der Waals surface area contributed by atoms with Crippen LogP contribution in [0.4, 0.5) is 0 Å². The van der Waals surface area contributed by atoms with Crippen LogP contribution in [0.2, 0.25) is 0 Å². The predicted molar refractivity (Wildman–Crippen MR) is 142 cm³/mol. The van der Waals surface area contributed by atoms with Crippen molar-refractivity contribution in [1.29, 1.82) is 0 Å². The number of fused-ring (bicyclic) bond motifs is 2. The first kappa shape index (κ1) is 24.9. The van der Waals surface area contributed by atoms with Crippen LogP contribution in [-0.2, 0) is 28.9 Å². The standard InChI is InChI=1S/C29H35N5O4/c1-19-16-33(17-20(2)37-19)29(36)28-24-6-4-7-25(24)34(31-28)18-27(35)32-13-10-22(11-14-32)38-26-8-3-5-21-15-30-12-9-23(21)26/h3,5,8-9,12,15,19-20,22H,4,6-7,10-11,13-14,16-18H2,1-2H3/t19-,20+. The summed E-state index contributed by atoms with van der Waals surface area (Å²) in [5, 5.41) is 6.81. The summed E-state index contributed by atoms with van der Waals surface area (Å²) in [6, 6.07) is 7.99. The first-order valence-corrected chi connectivity index (χ1v) is 13.8. The zero-order chi connectivity index (χ0) is 26.2. The third kappa shape index (κ3) is 4.87. The summed E-state index contributed by atoms with van der Waals surface area (Å²) in [6.45, 7) is 6.58. The highest BCUT2D eigenvalue weighted by Crippen LogP contribution is 2.29. The van der Waals surface area contributed by atoms with Crippen LogP contribution in [0.25, 0.3) is 10.8 Å². The molecule has 0 unspecified atom stereocenters. The van der Waals surface area contributed by atoms with Crippen molar-refractivity contribution in [1.82, 2.24) is 24.6 Å². The number of likely N-dealkylation sites (tertiary alicyclic amines) is 1. The summed E-state index contributed by atoms with van der Waals surface area (Å²) in [6.07, 6.45) is 7.94. The summed E-state index contributed by atoms with van der Waals surface area (Å²) in [5.41, 5.74) is 2.58. The van der Waals surface area contributed by atoms with Crippen molar-refractivity contribution in [2.45, 2.75) is 70.8 Å². The van der Waals surface area contributed by atoms with Gasteiger partial charge in [-0.2, -0.15) is 5.10 Å². The van der Waals surface area contributed by atoms with E-state index in [2.05, 4.69) is 4.98 Å². The van der Waals surface area contributed by atoms with Crippen molar-refractivity contribution < 1.29 is 19.1 Å². The first-order valence-electron chi connectivity index (χ1n) is 13.8. The van der Waals surface area contributed by atoms with Crippen LogP contribution in [0.5, 0.6) is 5.75 Å². The molecule has 0 radical (unpaired) electrons. The van der Waals surface area contributed by atoms with Crippen LogP contribution in [0.15, 0.2) is 36.7 Å². The van der Waals surface area contributed by atoms with Gasteiger partial charge in [-0.3, -0.25) is 19.3 Å². The number of aromatic nitrogens is 3. The van der Waals surface area contributed by atoms with E-state index in [9.17, 15) is 9.59 Å². The normalized spacial score (nSPS) is 22.1. The number of carbonyl (C=O) groups is 2. The summed E-state index contributed by atoms with van der Waals surface area (Å²) in [5.74, 6) is 0.867. The van der Waals surface area contributed by atoms with E-state index in [1.807, 2.05) is 54.1 Å². The lowest BCUT2D eigenvalue weighted by Crippen LogP contribution is -2.48. The number of nitrogens with zero attached hydrogens (tertiary/aromatic N) is 5. The van der Waals surface area contributed by atoms with Crippen molar-refractivity contribution >= 4 is 22.6 Å². The minimum atomic E-state index is -0.0430. The molecular weight excluding hydrogens is 482 g/mol. The van der Waals surface area contributed by atoms with Gasteiger partial charge >= 0.3 is 0 Å². The number of rotatable bonds is 5. The van der Waals surface area contributed by atoms with Gasteiger partial charge in [-0.1, -0.05) is 12.1 Å². The van der Waals surface area contributed by atoms with Gasteiger partial charge in [-0.25, -0.2) is 0 Å². The Balaban J connectivity index is 1.09. The number of pyridine rings is 1. The van der Waals surface area contributed by atoms with Gasteiger partial charge in [-0.15, -0.1) is 0 Å². The first-order chi connectivity index (χ1) is 18.5. The van der Waals surface area contributed by atoms with E-state index in [0.717, 1.165) is 59.9 Å². The number of amides is 2. The van der Waals surface area contributed by atoms with Crippen molar-refractivity contribution in [3.8, 4) is 5.75 Å². The van der Waals surface area contributed by atoms with Gasteiger partial charge in [0.15, 0.2) is 5.69 Å². The summed E-state index contributed by atoms with van der Waals surface area (Å²) in [7, 11) is 0. The Morgan fingerprint density at radius 2 is 1.84 bits per heavy atom. The highest BCUT2D eigenvalue weighted by atomic mass is 16.5. The topological polar surface area (TPSA) is 89.8 Å². The molecule has 2 amide bonds. The van der Waals surface area contributed by atoms with Gasteiger partial charge in [0.05, 0.1) is 12.2 Å². The Morgan fingerprint density at radius 1 is 1.05 bits per heavy atom. The number of ether oxygens (including phenoxy) is 2. The SMILES string of the molecule is C[C@@H]1CN(C(=O)c2nn(CC(=O)N3CCC(Oc4cccc5cnccc45)CC3)c3c2CCC3)C[C@H](C)O1. The van der Waals surface area contributed by atoms with Crippen LogP contribution in [-0.4, -0.2) is 80.9 Å². The molecule has 200 valence electrons. The monoisotopic (exact) mass is 517 g/mol. The molecule has 3 aliphatic rings. The fraction of sp³-hybridized carbons (Fsp3) is 0.517. The number of hydrogen-bond acceptors (Lipinski definition) is 6. The third-order valence-corrected chi connectivity index (χ3v) is 7.93. The fourth-order valence-electron chi connectivity index (χ4n) is 6.13. The second-order valence-electron chi connectivity index (χ2n) is 10.8. The van der Waals surface area contributed by atoms with E-state index in [1.165, 1.54) is 0 Å². The Hall–Kier alpha value is -3.46. The molecule has 0 bridgehead atoms. The van der Waals surface area contributed by atoms with Crippen molar-refractivity contribution in [2.24, 2.45) is 0 Å². The van der Waals surface area contributed by atoms with Gasteiger partial charge in [0.1, 0.15) is 18.4 Å². The van der Waals surface area contributed by atoms with Crippen LogP contribution in [0.1, 0.15) is 54.9 Å². The highest BCUT2D eigenvalue weighted by molar-refractivity contribution is 5.94. The van der Waals surface area contributed by atoms with Crippen molar-refractivity contribution in [3.05, 3.63) is 53.6 Å². The summed E-state index contributed by atoms with van der Waals surface area (Å²) in [4.78, 5) is 34.6. The maximum Gasteiger partial charge on any atom is 0.274 e. The van der Waals surface area contributed by atoms with Gasteiger partial charge in [-0.05, 0) is 45.2 Å². The second-order valence-corrected chi connectivity index (χ2v) is 10.8. The van der Waals surface area contributed by atoms with Gasteiger partial charge in [0, 0.05) is 73.4 Å². The summed E-state index contributed by atoms with van der Waals surface area (Å²) >= 11 is 0. The molecule has 2 saturated heterocycles. The van der Waals surface area contributed by atoms with Crippen molar-refractivity contribution in [2.75, 3.05) is 26.2 Å². The lowest BCUT2D eigenvalue weighted by molar-refractivity contribution is -0.133. The van der Waals surface area contributed by atoms with Crippen LogP contribution in [0, 0.1) is 0 Å². The number of benzene rings is 1. The quantitative estimate of drug-likeness (QED) is 0.516. The molecule has 4 heterocycles. The molecule has 0 saturated carbocycles. The van der Waals surface area contributed by atoms with Crippen LogP contribution >= 0.6 is 0 Å². The largest absolute Gasteiger partial charge is 0.490 e. The molecule has 38 heavy (non-hydrogen) atoms. The van der Waals surface area contributed by atoms with Crippen LogP contribution in [0.3, 0.4) is 0 Å². The molecule has 3 aromatic rings. The molecular formula is C29H35N5O4. The number of morpholine rings is 1. The Labute approximate surface area is 222 Å². The highest BCUT2D eigenvalue weighted by Gasteiger charge is 2.33. The van der Waals surface area contributed by atoms with Gasteiger partial charge in [0.25, 0.3) is 5.91 Å². The van der Waals surface area contributed by atoms with E-state index >= 15 is 0 Å². The molecule has 2 aromatic heterocycles. The molecule has 2 aliphatic heterocycles. The average molecular weight is 518 g/mol. The maximum atomic E-state index is 13.4. The maximum absolute atomic E-state index is 13.4. The molecule has 2 fully saturated rings. The van der Waals surface area contributed by atoms with E-state index < -0.39 is 0 Å². The Kier molecular flexibility index (Phi) is 6.78. The molecule has 0 spiro atoms. The minimum absolute atomic E-state index is 0.00365. The zero-order valence-electron chi connectivity index (χ0n) is 22.1. The molecule has 9 heteroatoms. The molecule has 1 aliphatic carbocycles. The smallest absolute Gasteiger partial charge is 0.274 e.